The van der Waals surface area contributed by atoms with Crippen molar-refractivity contribution < 1.29 is 24.5 Å². The number of rotatable bonds is 67. The van der Waals surface area contributed by atoms with Gasteiger partial charge in [0.25, 0.3) is 0 Å². The van der Waals surface area contributed by atoms with Crippen molar-refractivity contribution in [2.45, 2.75) is 411 Å². The highest BCUT2D eigenvalue weighted by Gasteiger charge is 2.18. The highest BCUT2D eigenvalue weighted by atomic mass is 16.5. The minimum atomic E-state index is -0.842. The van der Waals surface area contributed by atoms with Crippen LogP contribution in [0.25, 0.3) is 0 Å². The molecule has 2 unspecified atom stereocenters. The molecule has 0 aliphatic rings. The monoisotopic (exact) mass is 1100 g/mol. The maximum absolute atomic E-state index is 12.5. The van der Waals surface area contributed by atoms with Crippen molar-refractivity contribution in [1.82, 2.24) is 5.32 Å². The van der Waals surface area contributed by atoms with Crippen molar-refractivity contribution in [3.8, 4) is 0 Å². The number of amides is 1. The van der Waals surface area contributed by atoms with Crippen LogP contribution in [0, 0.1) is 0 Å². The Morgan fingerprint density at radius 1 is 0.346 bits per heavy atom. The molecule has 0 aliphatic carbocycles. The predicted octanol–water partition coefficient (Wildman–Crippen LogP) is 22.9. The van der Waals surface area contributed by atoms with E-state index in [0.29, 0.717) is 19.4 Å². The first-order valence-electron chi connectivity index (χ1n) is 35.6. The summed E-state index contributed by atoms with van der Waals surface area (Å²) in [7, 11) is 0. The molecule has 0 aromatic carbocycles. The van der Waals surface area contributed by atoms with Gasteiger partial charge in [-0.3, -0.25) is 9.59 Å². The summed E-state index contributed by atoms with van der Waals surface area (Å²) >= 11 is 0. The van der Waals surface area contributed by atoms with Gasteiger partial charge in [0.15, 0.2) is 0 Å². The molecule has 0 heterocycles. The highest BCUT2D eigenvalue weighted by Crippen LogP contribution is 2.19. The SMILES string of the molecule is CCCCC/C=C\CCCCCCCC(=O)OCCCCCCCCCCCCCCCCCCCCCCCCCCCCCCCCC(=O)NC(CO)C(O)/C=C/CCCCCCCCCCCCCCCCCCC. The van der Waals surface area contributed by atoms with Crippen molar-refractivity contribution in [1.29, 1.82) is 0 Å². The Morgan fingerprint density at radius 2 is 0.603 bits per heavy atom. The zero-order valence-electron chi connectivity index (χ0n) is 52.9. The van der Waals surface area contributed by atoms with E-state index in [2.05, 4.69) is 31.3 Å². The minimum Gasteiger partial charge on any atom is -0.466 e. The Bertz CT molecular complexity index is 1220. The molecule has 0 saturated carbocycles. The number of unbranched alkanes of at least 4 members (excludes halogenated alkanes) is 54. The largest absolute Gasteiger partial charge is 0.466 e. The van der Waals surface area contributed by atoms with Crippen LogP contribution < -0.4 is 5.32 Å². The summed E-state index contributed by atoms with van der Waals surface area (Å²) in [4.78, 5) is 24.5. The van der Waals surface area contributed by atoms with Crippen molar-refractivity contribution >= 4 is 11.9 Å². The molecule has 0 aliphatic heterocycles. The first kappa shape index (κ1) is 76.3. The second-order valence-electron chi connectivity index (χ2n) is 24.6. The summed E-state index contributed by atoms with van der Waals surface area (Å²) in [6, 6.07) is -0.625. The standard InChI is InChI=1S/C72H139NO5/c1-3-5-7-9-11-13-15-17-18-19-32-35-38-41-44-48-52-56-60-64-70(75)69(68-74)73-71(76)65-61-57-53-49-45-42-39-36-33-30-28-26-24-22-20-21-23-25-27-29-31-34-37-40-43-47-51-55-59-63-67-78-72(77)66-62-58-54-50-46-16-14-12-10-8-6-4-2/h12,14,60,64,69-70,74-75H,3-11,13,15-59,61-63,65-68H2,1-2H3,(H,73,76)/b14-12-,64-60+. The minimum absolute atomic E-state index is 0.0102. The Balaban J connectivity index is 3.36. The van der Waals surface area contributed by atoms with Crippen LogP contribution in [0.3, 0.4) is 0 Å². The number of allylic oxidation sites excluding steroid dienone is 3. The third-order valence-electron chi connectivity index (χ3n) is 16.7. The lowest BCUT2D eigenvalue weighted by Gasteiger charge is -2.20. The summed E-state index contributed by atoms with van der Waals surface area (Å²) < 4.78 is 5.48. The van der Waals surface area contributed by atoms with Gasteiger partial charge in [0.2, 0.25) is 5.91 Å². The molecule has 0 fully saturated rings. The predicted molar refractivity (Wildman–Crippen MR) is 343 cm³/mol. The molecule has 0 radical (unpaired) electrons. The maximum atomic E-state index is 12.5. The van der Waals surface area contributed by atoms with Crippen LogP contribution >= 0.6 is 0 Å². The third-order valence-corrected chi connectivity index (χ3v) is 16.7. The smallest absolute Gasteiger partial charge is 0.305 e. The van der Waals surface area contributed by atoms with Gasteiger partial charge in [0.05, 0.1) is 25.4 Å². The number of aliphatic hydroxyl groups excluding tert-OH is 2. The fourth-order valence-electron chi connectivity index (χ4n) is 11.3. The van der Waals surface area contributed by atoms with Gasteiger partial charge < -0.3 is 20.3 Å². The number of hydrogen-bond donors (Lipinski definition) is 3. The fourth-order valence-corrected chi connectivity index (χ4v) is 11.3. The molecule has 0 aromatic heterocycles. The Morgan fingerprint density at radius 3 is 0.936 bits per heavy atom. The summed E-state index contributed by atoms with van der Waals surface area (Å²) in [5, 5.41) is 23.2. The van der Waals surface area contributed by atoms with E-state index < -0.39 is 12.1 Å². The molecule has 6 heteroatoms. The first-order chi connectivity index (χ1) is 38.5. The van der Waals surface area contributed by atoms with Gasteiger partial charge in [-0.05, 0) is 57.8 Å². The summed E-state index contributed by atoms with van der Waals surface area (Å²) in [5.74, 6) is -0.0501. The molecule has 0 aromatic rings. The number of carbonyl (C=O) groups is 2. The van der Waals surface area contributed by atoms with Crippen LogP contribution in [0.4, 0.5) is 0 Å². The number of ether oxygens (including phenoxy) is 1. The quantitative estimate of drug-likeness (QED) is 0.0320. The van der Waals surface area contributed by atoms with Crippen molar-refractivity contribution in [3.63, 3.8) is 0 Å². The van der Waals surface area contributed by atoms with Crippen LogP contribution in [0.1, 0.15) is 399 Å². The highest BCUT2D eigenvalue weighted by molar-refractivity contribution is 5.76. The van der Waals surface area contributed by atoms with E-state index in [1.807, 2.05) is 6.08 Å². The fraction of sp³-hybridized carbons (Fsp3) is 0.917. The van der Waals surface area contributed by atoms with Crippen LogP contribution in [0.2, 0.25) is 0 Å². The van der Waals surface area contributed by atoms with Gasteiger partial charge in [-0.2, -0.15) is 0 Å². The van der Waals surface area contributed by atoms with Gasteiger partial charge >= 0.3 is 5.97 Å². The molecule has 1 amide bonds. The second-order valence-corrected chi connectivity index (χ2v) is 24.6. The van der Waals surface area contributed by atoms with Gasteiger partial charge in [-0.1, -0.05) is 353 Å². The van der Waals surface area contributed by atoms with E-state index in [-0.39, 0.29) is 18.5 Å². The average molecular weight is 1100 g/mol. The number of hydrogen-bond acceptors (Lipinski definition) is 5. The van der Waals surface area contributed by atoms with Gasteiger partial charge in [-0.15, -0.1) is 0 Å². The van der Waals surface area contributed by atoms with Crippen LogP contribution in [-0.4, -0.2) is 47.4 Å². The number of nitrogens with one attached hydrogen (secondary N) is 1. The first-order valence-corrected chi connectivity index (χ1v) is 35.6. The van der Waals surface area contributed by atoms with E-state index in [1.54, 1.807) is 6.08 Å². The topological polar surface area (TPSA) is 95.9 Å². The number of aliphatic hydroxyl groups is 2. The molecule has 0 spiro atoms. The van der Waals surface area contributed by atoms with Crippen LogP contribution in [0.15, 0.2) is 24.3 Å². The average Bonchev–Trinajstić information content (AvgIpc) is 3.44. The Kier molecular flexibility index (Phi) is 66.4. The van der Waals surface area contributed by atoms with E-state index in [1.165, 1.54) is 327 Å². The molecule has 0 bridgehead atoms. The van der Waals surface area contributed by atoms with Crippen molar-refractivity contribution in [3.05, 3.63) is 24.3 Å². The van der Waals surface area contributed by atoms with Crippen molar-refractivity contribution in [2.75, 3.05) is 13.2 Å². The number of carbonyl (C=O) groups excluding carboxylic acids is 2. The van der Waals surface area contributed by atoms with Gasteiger partial charge in [-0.25, -0.2) is 0 Å². The van der Waals surface area contributed by atoms with E-state index in [0.717, 1.165) is 44.9 Å². The normalized spacial score (nSPS) is 12.6. The third kappa shape index (κ3) is 63.5. The van der Waals surface area contributed by atoms with E-state index in [4.69, 9.17) is 4.74 Å². The van der Waals surface area contributed by atoms with Crippen LogP contribution in [0.5, 0.6) is 0 Å². The maximum Gasteiger partial charge on any atom is 0.305 e. The molecule has 0 rings (SSSR count). The molecular formula is C72H139NO5. The number of esters is 1. The second kappa shape index (κ2) is 67.8. The lowest BCUT2D eigenvalue weighted by molar-refractivity contribution is -0.143. The molecule has 462 valence electrons. The zero-order valence-corrected chi connectivity index (χ0v) is 52.9. The summed E-state index contributed by atoms with van der Waals surface area (Å²) in [5.41, 5.74) is 0. The molecule has 2 atom stereocenters. The Hall–Kier alpha value is -1.66. The van der Waals surface area contributed by atoms with E-state index in [9.17, 15) is 19.8 Å². The lowest BCUT2D eigenvalue weighted by atomic mass is 10.0. The molecule has 6 nitrogen and oxygen atoms in total. The van der Waals surface area contributed by atoms with Crippen molar-refractivity contribution in [2.24, 2.45) is 0 Å². The lowest BCUT2D eigenvalue weighted by Crippen LogP contribution is -2.45. The van der Waals surface area contributed by atoms with E-state index >= 15 is 0 Å². The molecule has 0 saturated heterocycles. The van der Waals surface area contributed by atoms with Crippen LogP contribution in [-0.2, 0) is 14.3 Å². The molecular weight excluding hydrogens is 959 g/mol. The Labute approximate surface area is 488 Å². The molecule has 78 heavy (non-hydrogen) atoms. The summed E-state index contributed by atoms with van der Waals surface area (Å²) in [6.07, 6.45) is 85.5. The molecule has 3 N–H and O–H groups in total. The van der Waals surface area contributed by atoms with Gasteiger partial charge in [0.1, 0.15) is 0 Å². The summed E-state index contributed by atoms with van der Waals surface area (Å²) in [6.45, 7) is 4.92. The van der Waals surface area contributed by atoms with Gasteiger partial charge in [0, 0.05) is 12.8 Å². The zero-order chi connectivity index (χ0) is 56.4.